The van der Waals surface area contributed by atoms with Gasteiger partial charge in [-0.15, -0.1) is 0 Å². The van der Waals surface area contributed by atoms with Gasteiger partial charge in [0.25, 0.3) is 0 Å². The molecule has 0 amide bonds. The average Bonchev–Trinajstić information content (AvgIpc) is 3.40. The maximum atomic E-state index is 13.5. The molecule has 9 nitrogen and oxygen atoms in total. The van der Waals surface area contributed by atoms with E-state index in [0.29, 0.717) is 35.9 Å². The van der Waals surface area contributed by atoms with Crippen molar-refractivity contribution in [2.24, 2.45) is 17.8 Å². The monoisotopic (exact) mass is 465 g/mol. The maximum Gasteiger partial charge on any atom is 0.439 e. The first kappa shape index (κ1) is 21.9. The zero-order chi connectivity index (χ0) is 23.2. The van der Waals surface area contributed by atoms with Gasteiger partial charge < -0.3 is 9.47 Å². The highest BCUT2D eigenvalue weighted by Crippen LogP contribution is 2.37. The topological polar surface area (TPSA) is 106 Å². The van der Waals surface area contributed by atoms with Crippen molar-refractivity contribution < 1.29 is 17.7 Å². The number of nitrogens with one attached hydrogen (secondary N) is 1. The summed E-state index contributed by atoms with van der Waals surface area (Å²) >= 11 is 0. The normalized spacial score (nSPS) is 24.5. The summed E-state index contributed by atoms with van der Waals surface area (Å²) in [6, 6.07) is 0. The summed E-state index contributed by atoms with van der Waals surface area (Å²) in [4.78, 5) is 28.9. The Labute approximate surface area is 187 Å². The van der Waals surface area contributed by atoms with Gasteiger partial charge in [0, 0.05) is 19.6 Å². The van der Waals surface area contributed by atoms with Gasteiger partial charge in [0.15, 0.2) is 11.5 Å². The van der Waals surface area contributed by atoms with Crippen LogP contribution in [0.15, 0.2) is 15.6 Å². The molecule has 1 saturated carbocycles. The molecule has 1 N–H and O–H groups in total. The minimum absolute atomic E-state index is 0.0170. The van der Waals surface area contributed by atoms with Crippen molar-refractivity contribution in [3.8, 4) is 11.6 Å². The molecule has 1 saturated heterocycles. The number of fused-ring (bicyclic) bond motifs is 1. The van der Waals surface area contributed by atoms with Crippen molar-refractivity contribution in [2.75, 3.05) is 18.0 Å². The van der Waals surface area contributed by atoms with Crippen molar-refractivity contribution >= 4 is 17.0 Å². The number of hydrogen-bond donors (Lipinski definition) is 1. The molecule has 3 aromatic rings. The quantitative estimate of drug-likeness (QED) is 0.625. The van der Waals surface area contributed by atoms with Crippen LogP contribution in [0.25, 0.3) is 22.8 Å². The van der Waals surface area contributed by atoms with E-state index in [1.165, 1.54) is 12.8 Å². The Bertz CT molecular complexity index is 1180. The van der Waals surface area contributed by atoms with Crippen LogP contribution >= 0.6 is 0 Å². The summed E-state index contributed by atoms with van der Waals surface area (Å²) in [6.07, 6.45) is 2.46. The Morgan fingerprint density at radius 2 is 1.97 bits per heavy atom. The van der Waals surface area contributed by atoms with Crippen LogP contribution in [0.5, 0.6) is 0 Å². The van der Waals surface area contributed by atoms with Crippen LogP contribution in [-0.4, -0.2) is 48.9 Å². The minimum Gasteiger partial charge on any atom is -0.354 e. The van der Waals surface area contributed by atoms with E-state index < -0.39 is 17.9 Å². The SMILES string of the molecule is C[C@H]1CC[C@H](Cn2cnc3nc(-c4noc(=O)[nH]4)nc(N4CCCC(C(F)(F)F)C4)c32)CC1. The highest BCUT2D eigenvalue weighted by molar-refractivity contribution is 5.85. The first-order chi connectivity index (χ1) is 15.8. The second-order valence-corrected chi connectivity index (χ2v) is 9.34. The third-order valence-electron chi connectivity index (χ3n) is 6.88. The summed E-state index contributed by atoms with van der Waals surface area (Å²) in [5.74, 6) is -0.529. The number of piperidine rings is 1. The molecule has 0 aromatic carbocycles. The van der Waals surface area contributed by atoms with Crippen LogP contribution in [0.2, 0.25) is 0 Å². The number of anilines is 1. The van der Waals surface area contributed by atoms with E-state index in [1.54, 1.807) is 11.2 Å². The van der Waals surface area contributed by atoms with Crippen LogP contribution < -0.4 is 10.7 Å². The second-order valence-electron chi connectivity index (χ2n) is 9.34. The summed E-state index contributed by atoms with van der Waals surface area (Å²) in [6.45, 7) is 3.24. The first-order valence-corrected chi connectivity index (χ1v) is 11.4. The van der Waals surface area contributed by atoms with Crippen LogP contribution in [0, 0.1) is 17.8 Å². The zero-order valence-electron chi connectivity index (χ0n) is 18.3. The largest absolute Gasteiger partial charge is 0.439 e. The number of H-pyrrole nitrogens is 1. The molecule has 1 aliphatic carbocycles. The van der Waals surface area contributed by atoms with Crippen molar-refractivity contribution in [2.45, 2.75) is 58.2 Å². The molecule has 33 heavy (non-hydrogen) atoms. The molecule has 3 aromatic heterocycles. The van der Waals surface area contributed by atoms with Crippen molar-refractivity contribution in [3.63, 3.8) is 0 Å². The van der Waals surface area contributed by atoms with Gasteiger partial charge in [-0.3, -0.25) is 9.51 Å². The molecule has 2 fully saturated rings. The number of halogens is 3. The highest BCUT2D eigenvalue weighted by Gasteiger charge is 2.42. The van der Waals surface area contributed by atoms with E-state index in [4.69, 9.17) is 0 Å². The number of imidazole rings is 1. The lowest BCUT2D eigenvalue weighted by atomic mass is 9.83. The number of nitrogens with zero attached hydrogens (tertiary/aromatic N) is 6. The van der Waals surface area contributed by atoms with E-state index in [-0.39, 0.29) is 24.6 Å². The Hall–Kier alpha value is -2.92. The summed E-state index contributed by atoms with van der Waals surface area (Å²) in [5.41, 5.74) is 0.975. The number of aromatic nitrogens is 6. The number of alkyl halides is 3. The molecule has 178 valence electrons. The van der Waals surface area contributed by atoms with Gasteiger partial charge in [0.05, 0.1) is 12.2 Å². The van der Waals surface area contributed by atoms with Gasteiger partial charge >= 0.3 is 11.9 Å². The molecule has 12 heteroatoms. The third-order valence-corrected chi connectivity index (χ3v) is 6.88. The van der Waals surface area contributed by atoms with E-state index in [1.807, 2.05) is 4.57 Å². The smallest absolute Gasteiger partial charge is 0.354 e. The Kier molecular flexibility index (Phi) is 5.61. The molecule has 1 aliphatic heterocycles. The van der Waals surface area contributed by atoms with E-state index in [2.05, 4.69) is 36.5 Å². The lowest BCUT2D eigenvalue weighted by Gasteiger charge is -2.35. The predicted molar refractivity (Wildman–Crippen MR) is 114 cm³/mol. The van der Waals surface area contributed by atoms with E-state index >= 15 is 0 Å². The van der Waals surface area contributed by atoms with Gasteiger partial charge in [0.2, 0.25) is 11.6 Å². The fraction of sp³-hybridized carbons (Fsp3) is 0.667. The molecule has 1 atom stereocenters. The van der Waals surface area contributed by atoms with Crippen LogP contribution in [0.4, 0.5) is 19.0 Å². The van der Waals surface area contributed by atoms with Crippen LogP contribution in [0.3, 0.4) is 0 Å². The lowest BCUT2D eigenvalue weighted by Crippen LogP contribution is -2.42. The Balaban J connectivity index is 1.56. The number of hydrogen-bond acceptors (Lipinski definition) is 7. The summed E-state index contributed by atoms with van der Waals surface area (Å²) < 4.78 is 47.1. The molecule has 1 unspecified atom stereocenters. The van der Waals surface area contributed by atoms with Gasteiger partial charge in [-0.2, -0.15) is 13.2 Å². The van der Waals surface area contributed by atoms with Crippen molar-refractivity contribution in [1.29, 1.82) is 0 Å². The molecule has 0 bridgehead atoms. The average molecular weight is 465 g/mol. The standard InChI is InChI=1S/C21H26F3N7O2/c1-12-4-6-13(7-5-12)9-31-11-25-16-15(31)19(27-17(26-16)18-28-20(32)33-29-18)30-8-2-3-14(10-30)21(22,23)24/h11-14H,2-10H2,1H3,(H,28,29,32)/t12-,13-,14?. The Morgan fingerprint density at radius 1 is 1.18 bits per heavy atom. The van der Waals surface area contributed by atoms with Gasteiger partial charge in [-0.1, -0.05) is 24.9 Å². The summed E-state index contributed by atoms with van der Waals surface area (Å²) in [5, 5.41) is 3.64. The fourth-order valence-corrected chi connectivity index (χ4v) is 4.98. The predicted octanol–water partition coefficient (Wildman–Crippen LogP) is 3.77. The molecule has 0 spiro atoms. The third kappa shape index (κ3) is 4.47. The van der Waals surface area contributed by atoms with Crippen molar-refractivity contribution in [1.82, 2.24) is 29.7 Å². The van der Waals surface area contributed by atoms with E-state index in [9.17, 15) is 18.0 Å². The maximum absolute atomic E-state index is 13.5. The molecular weight excluding hydrogens is 439 g/mol. The highest BCUT2D eigenvalue weighted by atomic mass is 19.4. The first-order valence-electron chi connectivity index (χ1n) is 11.4. The molecular formula is C21H26F3N7O2. The van der Waals surface area contributed by atoms with Gasteiger partial charge in [-0.25, -0.2) is 19.7 Å². The minimum atomic E-state index is -4.27. The second kappa shape index (κ2) is 8.45. The van der Waals surface area contributed by atoms with Gasteiger partial charge in [0.1, 0.15) is 5.52 Å². The fourth-order valence-electron chi connectivity index (χ4n) is 4.98. The molecule has 0 radical (unpaired) electrons. The lowest BCUT2D eigenvalue weighted by molar-refractivity contribution is -0.176. The van der Waals surface area contributed by atoms with Gasteiger partial charge in [-0.05, 0) is 37.5 Å². The Morgan fingerprint density at radius 3 is 2.67 bits per heavy atom. The van der Waals surface area contributed by atoms with Crippen LogP contribution in [0.1, 0.15) is 45.4 Å². The number of rotatable bonds is 4. The molecule has 4 heterocycles. The summed E-state index contributed by atoms with van der Waals surface area (Å²) in [7, 11) is 0. The zero-order valence-corrected chi connectivity index (χ0v) is 18.3. The van der Waals surface area contributed by atoms with Crippen molar-refractivity contribution in [3.05, 3.63) is 16.9 Å². The number of aromatic amines is 1. The molecule has 2 aliphatic rings. The molecule has 5 rings (SSSR count). The van der Waals surface area contributed by atoms with E-state index in [0.717, 1.165) is 25.3 Å². The van der Waals surface area contributed by atoms with Crippen LogP contribution in [-0.2, 0) is 6.54 Å².